The van der Waals surface area contributed by atoms with Gasteiger partial charge in [-0.25, -0.2) is 0 Å². The second kappa shape index (κ2) is 4.13. The molecule has 2 nitrogen and oxygen atoms in total. The second-order valence-corrected chi connectivity index (χ2v) is 2.14. The summed E-state index contributed by atoms with van der Waals surface area (Å²) in [6.07, 6.45) is 2.65. The van der Waals surface area contributed by atoms with Crippen molar-refractivity contribution in [1.29, 1.82) is 0 Å². The van der Waals surface area contributed by atoms with E-state index in [1.165, 1.54) is 0 Å². The predicted octanol–water partition coefficient (Wildman–Crippen LogP) is 1.39. The van der Waals surface area contributed by atoms with E-state index in [-0.39, 0.29) is 0 Å². The van der Waals surface area contributed by atoms with Crippen molar-refractivity contribution in [2.45, 2.75) is 20.8 Å². The molecule has 0 heterocycles. The number of hydrogen-bond donors (Lipinski definition) is 0. The van der Waals surface area contributed by atoms with Crippen LogP contribution in [0.5, 0.6) is 0 Å². The Labute approximate surface area is 56.2 Å². The van der Waals surface area contributed by atoms with Crippen molar-refractivity contribution in [3.05, 3.63) is 11.8 Å². The molecule has 1 amide bonds. The number of carbonyl (C=O) groups excluding carboxylic acids is 1. The lowest BCUT2D eigenvalue weighted by Gasteiger charge is -2.07. The van der Waals surface area contributed by atoms with Crippen LogP contribution in [0.15, 0.2) is 11.8 Å². The molecule has 0 bridgehead atoms. The number of rotatable bonds is 3. The number of nitrogens with zero attached hydrogens (tertiary/aromatic N) is 1. The number of amides is 1. The molecule has 0 radical (unpaired) electrons. The maximum Gasteiger partial charge on any atom is 0.213 e. The largest absolute Gasteiger partial charge is 0.322 e. The molecule has 2 heteroatoms. The fraction of sp³-hybridized carbons (Fsp3) is 0.571. The topological polar surface area (TPSA) is 20.3 Å². The molecule has 0 N–H and O–H groups in total. The highest BCUT2D eigenvalue weighted by molar-refractivity contribution is 5.49. The summed E-state index contributed by atoms with van der Waals surface area (Å²) in [7, 11) is 0. The maximum absolute atomic E-state index is 10.2. The van der Waals surface area contributed by atoms with E-state index >= 15 is 0 Å². The molecule has 0 unspecified atom stereocenters. The van der Waals surface area contributed by atoms with Gasteiger partial charge in [0.15, 0.2) is 0 Å². The molecule has 0 aromatic rings. The van der Waals surface area contributed by atoms with Gasteiger partial charge in [-0.15, -0.1) is 0 Å². The second-order valence-electron chi connectivity index (χ2n) is 2.14. The molecule has 0 aromatic heterocycles. The first-order valence-corrected chi connectivity index (χ1v) is 3.06. The molecule has 0 atom stereocenters. The van der Waals surface area contributed by atoms with Crippen LogP contribution in [0, 0.1) is 0 Å². The molecule has 0 aliphatic heterocycles. The smallest absolute Gasteiger partial charge is 0.213 e. The van der Waals surface area contributed by atoms with E-state index < -0.39 is 0 Å². The first kappa shape index (κ1) is 8.21. The Morgan fingerprint density at radius 3 is 2.22 bits per heavy atom. The van der Waals surface area contributed by atoms with E-state index in [0.29, 0.717) is 0 Å². The molecule has 0 rings (SSSR count). The van der Waals surface area contributed by atoms with Gasteiger partial charge >= 0.3 is 0 Å². The predicted molar refractivity (Wildman–Crippen MR) is 37.9 cm³/mol. The number of hydrogen-bond acceptors (Lipinski definition) is 1. The van der Waals surface area contributed by atoms with E-state index in [9.17, 15) is 4.79 Å². The Kier molecular flexibility index (Phi) is 3.76. The van der Waals surface area contributed by atoms with Gasteiger partial charge in [-0.2, -0.15) is 0 Å². The molecular formula is C7H13NO. The van der Waals surface area contributed by atoms with Crippen LogP contribution in [-0.2, 0) is 4.79 Å². The Hall–Kier alpha value is -0.790. The van der Waals surface area contributed by atoms with E-state index in [1.807, 2.05) is 27.0 Å². The number of carbonyl (C=O) groups is 1. The minimum atomic E-state index is 0.745. The Bertz CT molecular complexity index is 114. The van der Waals surface area contributed by atoms with Gasteiger partial charge in [0.1, 0.15) is 0 Å². The average molecular weight is 127 g/mol. The lowest BCUT2D eigenvalue weighted by molar-refractivity contribution is -0.115. The normalized spacial score (nSPS) is 8.33. The quantitative estimate of drug-likeness (QED) is 0.524. The standard InChI is InChI=1S/C7H13NO/c1-4-8(6-9)5-7(2)3/h5-6H,4H2,1-3H3. The molecule has 0 aliphatic rings. The molecular weight excluding hydrogens is 114 g/mol. The monoisotopic (exact) mass is 127 g/mol. The Morgan fingerprint density at radius 1 is 1.56 bits per heavy atom. The van der Waals surface area contributed by atoms with E-state index in [1.54, 1.807) is 4.90 Å². The van der Waals surface area contributed by atoms with Crippen molar-refractivity contribution >= 4 is 6.41 Å². The van der Waals surface area contributed by atoms with Crippen LogP contribution < -0.4 is 0 Å². The van der Waals surface area contributed by atoms with Gasteiger partial charge in [-0.3, -0.25) is 4.79 Å². The summed E-state index contributed by atoms with van der Waals surface area (Å²) in [6, 6.07) is 0. The van der Waals surface area contributed by atoms with E-state index in [0.717, 1.165) is 18.5 Å². The van der Waals surface area contributed by atoms with Gasteiger partial charge < -0.3 is 4.90 Å². The number of allylic oxidation sites excluding steroid dienone is 1. The van der Waals surface area contributed by atoms with Gasteiger partial charge in [0, 0.05) is 12.7 Å². The van der Waals surface area contributed by atoms with Gasteiger partial charge in [-0.05, 0) is 20.8 Å². The zero-order valence-electron chi connectivity index (χ0n) is 6.22. The van der Waals surface area contributed by atoms with Crippen molar-refractivity contribution < 1.29 is 4.79 Å². The zero-order chi connectivity index (χ0) is 7.28. The van der Waals surface area contributed by atoms with Gasteiger partial charge in [0.2, 0.25) is 6.41 Å². The molecule has 0 spiro atoms. The molecule has 0 saturated heterocycles. The Balaban J connectivity index is 3.82. The highest BCUT2D eigenvalue weighted by Crippen LogP contribution is 1.91. The van der Waals surface area contributed by atoms with Crippen molar-refractivity contribution in [3.63, 3.8) is 0 Å². The summed E-state index contributed by atoms with van der Waals surface area (Å²) in [5.74, 6) is 0. The third-order valence-corrected chi connectivity index (χ3v) is 0.925. The third kappa shape index (κ3) is 3.76. The fourth-order valence-corrected chi connectivity index (χ4v) is 0.528. The maximum atomic E-state index is 10.2. The highest BCUT2D eigenvalue weighted by atomic mass is 16.1. The van der Waals surface area contributed by atoms with Crippen LogP contribution in [0.2, 0.25) is 0 Å². The van der Waals surface area contributed by atoms with Crippen LogP contribution in [0.25, 0.3) is 0 Å². The van der Waals surface area contributed by atoms with Crippen molar-refractivity contribution in [1.82, 2.24) is 4.90 Å². The van der Waals surface area contributed by atoms with Crippen LogP contribution in [0.1, 0.15) is 20.8 Å². The molecule has 52 valence electrons. The van der Waals surface area contributed by atoms with Gasteiger partial charge in [0.25, 0.3) is 0 Å². The third-order valence-electron chi connectivity index (χ3n) is 0.925. The molecule has 0 aromatic carbocycles. The minimum absolute atomic E-state index is 0.745. The Morgan fingerprint density at radius 2 is 2.11 bits per heavy atom. The lowest BCUT2D eigenvalue weighted by Crippen LogP contribution is -2.13. The van der Waals surface area contributed by atoms with E-state index in [4.69, 9.17) is 0 Å². The van der Waals surface area contributed by atoms with Crippen LogP contribution in [0.4, 0.5) is 0 Å². The van der Waals surface area contributed by atoms with Crippen molar-refractivity contribution in [2.24, 2.45) is 0 Å². The van der Waals surface area contributed by atoms with Gasteiger partial charge in [0.05, 0.1) is 0 Å². The molecule has 9 heavy (non-hydrogen) atoms. The van der Waals surface area contributed by atoms with Crippen LogP contribution in [-0.4, -0.2) is 17.9 Å². The lowest BCUT2D eigenvalue weighted by atomic mass is 10.4. The SMILES string of the molecule is CCN(C=O)C=C(C)C. The summed E-state index contributed by atoms with van der Waals surface area (Å²) in [4.78, 5) is 11.8. The summed E-state index contributed by atoms with van der Waals surface area (Å²) in [5, 5.41) is 0. The highest BCUT2D eigenvalue weighted by Gasteiger charge is 1.88. The van der Waals surface area contributed by atoms with Crippen LogP contribution >= 0.6 is 0 Å². The molecule has 0 saturated carbocycles. The molecule has 0 fully saturated rings. The summed E-state index contributed by atoms with van der Waals surface area (Å²) in [5.41, 5.74) is 1.14. The van der Waals surface area contributed by atoms with Crippen LogP contribution in [0.3, 0.4) is 0 Å². The molecule has 0 aliphatic carbocycles. The first-order chi connectivity index (χ1) is 4.20. The average Bonchev–Trinajstić information content (AvgIpc) is 1.82. The summed E-state index contributed by atoms with van der Waals surface area (Å²) >= 11 is 0. The summed E-state index contributed by atoms with van der Waals surface area (Å²) in [6.45, 7) is 6.61. The van der Waals surface area contributed by atoms with Crippen molar-refractivity contribution in [2.75, 3.05) is 6.54 Å². The van der Waals surface area contributed by atoms with E-state index in [2.05, 4.69) is 0 Å². The fourth-order valence-electron chi connectivity index (χ4n) is 0.528. The summed E-state index contributed by atoms with van der Waals surface area (Å²) < 4.78 is 0. The zero-order valence-corrected chi connectivity index (χ0v) is 6.22. The van der Waals surface area contributed by atoms with Gasteiger partial charge in [-0.1, -0.05) is 5.57 Å². The minimum Gasteiger partial charge on any atom is -0.322 e. The first-order valence-electron chi connectivity index (χ1n) is 3.06. The van der Waals surface area contributed by atoms with Crippen molar-refractivity contribution in [3.8, 4) is 0 Å².